The van der Waals surface area contributed by atoms with Gasteiger partial charge in [-0.25, -0.2) is 0 Å². The van der Waals surface area contributed by atoms with Gasteiger partial charge in [0.1, 0.15) is 0 Å². The molecule has 1 atom stereocenters. The fourth-order valence-corrected chi connectivity index (χ4v) is 1.24. The van der Waals surface area contributed by atoms with E-state index in [2.05, 4.69) is 4.74 Å². The van der Waals surface area contributed by atoms with E-state index >= 15 is 0 Å². The average molecular weight is 254 g/mol. The fraction of sp³-hybridized carbons (Fsp3) is 1.00. The number of hydrogen-bond donors (Lipinski definition) is 1. The first kappa shape index (κ1) is 15.5. The van der Waals surface area contributed by atoms with E-state index in [-0.39, 0.29) is 6.61 Å². The molecule has 0 spiro atoms. The highest BCUT2D eigenvalue weighted by atomic mass is 19.4. The van der Waals surface area contributed by atoms with E-state index in [0.717, 1.165) is 14.0 Å². The summed E-state index contributed by atoms with van der Waals surface area (Å²) in [6.45, 7) is 0.834. The standard InChI is InChI=1S/C8H12F6O2/c1-5(4-16-2)3-6(15,7(9,10)11)8(12,13)14/h5,15H,3-4H2,1-2H3. The van der Waals surface area contributed by atoms with Crippen LogP contribution in [0.4, 0.5) is 26.3 Å². The van der Waals surface area contributed by atoms with Crippen molar-refractivity contribution in [3.63, 3.8) is 0 Å². The fourth-order valence-electron chi connectivity index (χ4n) is 1.24. The van der Waals surface area contributed by atoms with E-state index in [1.54, 1.807) is 0 Å². The number of alkyl halides is 6. The van der Waals surface area contributed by atoms with Crippen molar-refractivity contribution < 1.29 is 36.2 Å². The Balaban J connectivity index is 4.98. The van der Waals surface area contributed by atoms with Gasteiger partial charge in [-0.3, -0.25) is 0 Å². The third-order valence-corrected chi connectivity index (χ3v) is 2.03. The summed E-state index contributed by atoms with van der Waals surface area (Å²) in [6.07, 6.45) is -13.0. The molecule has 0 fully saturated rings. The molecule has 0 aliphatic carbocycles. The van der Waals surface area contributed by atoms with E-state index in [1.165, 1.54) is 0 Å². The highest BCUT2D eigenvalue weighted by molar-refractivity contribution is 4.94. The molecule has 0 amide bonds. The summed E-state index contributed by atoms with van der Waals surface area (Å²) in [5, 5.41) is 8.78. The first-order valence-electron chi connectivity index (χ1n) is 4.30. The Hall–Kier alpha value is -0.500. The minimum Gasteiger partial charge on any atom is -0.384 e. The van der Waals surface area contributed by atoms with E-state index in [4.69, 9.17) is 5.11 Å². The van der Waals surface area contributed by atoms with Crippen molar-refractivity contribution >= 4 is 0 Å². The van der Waals surface area contributed by atoms with E-state index in [0.29, 0.717) is 0 Å². The molecular weight excluding hydrogens is 242 g/mol. The number of methoxy groups -OCH3 is 1. The molecule has 8 heteroatoms. The summed E-state index contributed by atoms with van der Waals surface area (Å²) in [5.74, 6) is -1.07. The van der Waals surface area contributed by atoms with Gasteiger partial charge in [0, 0.05) is 13.7 Å². The lowest BCUT2D eigenvalue weighted by Crippen LogP contribution is -2.57. The third kappa shape index (κ3) is 3.24. The zero-order valence-corrected chi connectivity index (χ0v) is 8.61. The maximum Gasteiger partial charge on any atom is 0.426 e. The molecule has 0 aromatic carbocycles. The highest BCUT2D eigenvalue weighted by Gasteiger charge is 2.70. The largest absolute Gasteiger partial charge is 0.426 e. The Morgan fingerprint density at radius 2 is 1.44 bits per heavy atom. The molecule has 1 N–H and O–H groups in total. The first-order valence-corrected chi connectivity index (χ1v) is 4.30. The summed E-state index contributed by atoms with van der Waals surface area (Å²) in [4.78, 5) is 0. The van der Waals surface area contributed by atoms with Crippen LogP contribution in [0.5, 0.6) is 0 Å². The molecule has 2 nitrogen and oxygen atoms in total. The lowest BCUT2D eigenvalue weighted by Gasteiger charge is -2.34. The maximum absolute atomic E-state index is 12.2. The Labute approximate surface area is 88.2 Å². The van der Waals surface area contributed by atoms with Crippen LogP contribution in [0.3, 0.4) is 0 Å². The monoisotopic (exact) mass is 254 g/mol. The molecule has 16 heavy (non-hydrogen) atoms. The van der Waals surface area contributed by atoms with Crippen LogP contribution >= 0.6 is 0 Å². The van der Waals surface area contributed by atoms with Gasteiger partial charge >= 0.3 is 12.4 Å². The minimum absolute atomic E-state index is 0.297. The molecule has 0 aromatic heterocycles. The highest BCUT2D eigenvalue weighted by Crippen LogP contribution is 2.46. The summed E-state index contributed by atoms with van der Waals surface area (Å²) < 4.78 is 77.6. The Morgan fingerprint density at radius 3 is 1.69 bits per heavy atom. The van der Waals surface area contributed by atoms with Crippen LogP contribution in [0.2, 0.25) is 0 Å². The van der Waals surface area contributed by atoms with Crippen LogP contribution < -0.4 is 0 Å². The van der Waals surface area contributed by atoms with Gasteiger partial charge in [-0.1, -0.05) is 6.92 Å². The van der Waals surface area contributed by atoms with Gasteiger partial charge in [0.15, 0.2) is 0 Å². The molecule has 0 aliphatic rings. The summed E-state index contributed by atoms with van der Waals surface area (Å²) in [7, 11) is 1.15. The molecule has 0 heterocycles. The molecule has 0 aliphatic heterocycles. The molecule has 0 aromatic rings. The van der Waals surface area contributed by atoms with Crippen molar-refractivity contribution in [2.24, 2.45) is 5.92 Å². The van der Waals surface area contributed by atoms with Gasteiger partial charge < -0.3 is 9.84 Å². The number of halogens is 6. The number of ether oxygens (including phenoxy) is 1. The topological polar surface area (TPSA) is 29.5 Å². The predicted molar refractivity (Wildman–Crippen MR) is 42.7 cm³/mol. The summed E-state index contributed by atoms with van der Waals surface area (Å²) in [5.41, 5.74) is -4.68. The molecule has 0 bridgehead atoms. The second-order valence-electron chi connectivity index (χ2n) is 3.62. The van der Waals surface area contributed by atoms with E-state index in [1.807, 2.05) is 0 Å². The van der Waals surface area contributed by atoms with E-state index in [9.17, 15) is 26.3 Å². The van der Waals surface area contributed by atoms with E-state index < -0.39 is 30.3 Å². The second kappa shape index (κ2) is 4.79. The van der Waals surface area contributed by atoms with Gasteiger partial charge in [-0.2, -0.15) is 26.3 Å². The molecule has 98 valence electrons. The lowest BCUT2D eigenvalue weighted by atomic mass is 9.90. The second-order valence-corrected chi connectivity index (χ2v) is 3.62. The predicted octanol–water partition coefficient (Wildman–Crippen LogP) is 2.51. The number of aliphatic hydroxyl groups is 1. The molecular formula is C8H12F6O2. The SMILES string of the molecule is COCC(C)CC(O)(C(F)(F)F)C(F)(F)F. The maximum atomic E-state index is 12.2. The summed E-state index contributed by atoms with van der Waals surface area (Å²) in [6, 6.07) is 0. The van der Waals surface area contributed by atoms with Crippen molar-refractivity contribution in [2.45, 2.75) is 31.3 Å². The molecule has 0 saturated carbocycles. The van der Waals surface area contributed by atoms with Gasteiger partial charge in [-0.05, 0) is 12.3 Å². The van der Waals surface area contributed by atoms with Gasteiger partial charge in [0.25, 0.3) is 5.60 Å². The summed E-state index contributed by atoms with van der Waals surface area (Å²) >= 11 is 0. The van der Waals surface area contributed by atoms with Crippen molar-refractivity contribution in [2.75, 3.05) is 13.7 Å². The molecule has 1 unspecified atom stereocenters. The lowest BCUT2D eigenvalue weighted by molar-refractivity contribution is -0.372. The smallest absolute Gasteiger partial charge is 0.384 e. The normalized spacial score (nSPS) is 16.3. The van der Waals surface area contributed by atoms with Gasteiger partial charge in [0.05, 0.1) is 0 Å². The molecule has 0 saturated heterocycles. The van der Waals surface area contributed by atoms with Crippen LogP contribution in [0.25, 0.3) is 0 Å². The quantitative estimate of drug-likeness (QED) is 0.781. The van der Waals surface area contributed by atoms with Crippen LogP contribution in [0.15, 0.2) is 0 Å². The number of hydrogen-bond acceptors (Lipinski definition) is 2. The van der Waals surface area contributed by atoms with Crippen molar-refractivity contribution in [3.05, 3.63) is 0 Å². The molecule has 0 rings (SSSR count). The van der Waals surface area contributed by atoms with Crippen LogP contribution in [0.1, 0.15) is 13.3 Å². The first-order chi connectivity index (χ1) is 6.95. The van der Waals surface area contributed by atoms with Crippen molar-refractivity contribution in [1.82, 2.24) is 0 Å². The van der Waals surface area contributed by atoms with Crippen molar-refractivity contribution in [3.8, 4) is 0 Å². The van der Waals surface area contributed by atoms with Crippen LogP contribution in [0, 0.1) is 5.92 Å². The Bertz CT molecular complexity index is 208. The van der Waals surface area contributed by atoms with Gasteiger partial charge in [-0.15, -0.1) is 0 Å². The van der Waals surface area contributed by atoms with Crippen LogP contribution in [-0.4, -0.2) is 36.8 Å². The van der Waals surface area contributed by atoms with Gasteiger partial charge in [0.2, 0.25) is 0 Å². The Kier molecular flexibility index (Phi) is 4.64. The zero-order chi connectivity index (χ0) is 13.2. The third-order valence-electron chi connectivity index (χ3n) is 2.03. The van der Waals surface area contributed by atoms with Crippen molar-refractivity contribution in [1.29, 1.82) is 0 Å². The minimum atomic E-state index is -5.76. The number of rotatable bonds is 4. The van der Waals surface area contributed by atoms with Crippen LogP contribution in [-0.2, 0) is 4.74 Å². The Morgan fingerprint density at radius 1 is 1.06 bits per heavy atom. The molecule has 0 radical (unpaired) electrons. The average Bonchev–Trinajstić information content (AvgIpc) is 1.99. The zero-order valence-electron chi connectivity index (χ0n) is 8.61.